The van der Waals surface area contributed by atoms with E-state index in [0.29, 0.717) is 19.6 Å². The maximum absolute atomic E-state index is 12.6. The molecule has 0 saturated carbocycles. The molecule has 1 heterocycles. The van der Waals surface area contributed by atoms with Gasteiger partial charge in [-0.1, -0.05) is 18.5 Å². The number of halogens is 1. The third-order valence-corrected chi connectivity index (χ3v) is 6.29. The number of sulfonamides is 1. The van der Waals surface area contributed by atoms with Crippen LogP contribution in [0.25, 0.3) is 0 Å². The van der Waals surface area contributed by atoms with Crippen molar-refractivity contribution in [3.8, 4) is 0 Å². The van der Waals surface area contributed by atoms with Crippen molar-refractivity contribution >= 4 is 33.5 Å². The van der Waals surface area contributed by atoms with Crippen molar-refractivity contribution in [3.63, 3.8) is 0 Å². The Balaban J connectivity index is 2.18. The molecule has 1 aliphatic rings. The van der Waals surface area contributed by atoms with Gasteiger partial charge >= 0.3 is 5.97 Å². The van der Waals surface area contributed by atoms with Gasteiger partial charge in [0, 0.05) is 19.6 Å². The maximum Gasteiger partial charge on any atom is 0.340 e. The third kappa shape index (κ3) is 4.75. The summed E-state index contributed by atoms with van der Waals surface area (Å²) in [6, 6.07) is 3.92. The van der Waals surface area contributed by atoms with Gasteiger partial charge in [0.2, 0.25) is 10.0 Å². The average molecular weight is 403 g/mol. The highest BCUT2D eigenvalue weighted by Crippen LogP contribution is 2.26. The normalized spacial score (nSPS) is 16.3. The second-order valence-electron chi connectivity index (χ2n) is 6.09. The summed E-state index contributed by atoms with van der Waals surface area (Å²) < 4.78 is 31.8. The van der Waals surface area contributed by atoms with Gasteiger partial charge in [-0.05, 0) is 44.4 Å². The van der Waals surface area contributed by atoms with Crippen molar-refractivity contribution in [2.45, 2.75) is 44.1 Å². The van der Waals surface area contributed by atoms with Gasteiger partial charge in [-0.2, -0.15) is 4.31 Å². The van der Waals surface area contributed by atoms with Crippen molar-refractivity contribution in [2.75, 3.05) is 19.6 Å². The Morgan fingerprint density at radius 2 is 1.96 bits per heavy atom. The molecule has 0 bridgehead atoms. The largest absolute Gasteiger partial charge is 0.449 e. The number of esters is 1. The molecule has 1 N–H and O–H groups in total. The smallest absolute Gasteiger partial charge is 0.340 e. The predicted molar refractivity (Wildman–Crippen MR) is 97.6 cm³/mol. The Morgan fingerprint density at radius 3 is 2.58 bits per heavy atom. The van der Waals surface area contributed by atoms with Crippen LogP contribution in [0.15, 0.2) is 23.1 Å². The molecular formula is C17H23ClN2O5S. The van der Waals surface area contributed by atoms with Crippen LogP contribution in [0, 0.1) is 0 Å². The van der Waals surface area contributed by atoms with E-state index in [1.165, 1.54) is 29.4 Å². The van der Waals surface area contributed by atoms with Gasteiger partial charge < -0.3 is 10.1 Å². The number of carbonyl (C=O) groups is 2. The van der Waals surface area contributed by atoms with E-state index >= 15 is 0 Å². The minimum Gasteiger partial charge on any atom is -0.449 e. The zero-order valence-corrected chi connectivity index (χ0v) is 16.4. The molecule has 1 aromatic carbocycles. The summed E-state index contributed by atoms with van der Waals surface area (Å²) in [5, 5.41) is 2.69. The minimum atomic E-state index is -3.68. The monoisotopic (exact) mass is 402 g/mol. The van der Waals surface area contributed by atoms with Gasteiger partial charge in [0.05, 0.1) is 15.5 Å². The third-order valence-electron chi connectivity index (χ3n) is 4.06. The van der Waals surface area contributed by atoms with Crippen LogP contribution in [0.4, 0.5) is 0 Å². The van der Waals surface area contributed by atoms with Crippen molar-refractivity contribution in [3.05, 3.63) is 28.8 Å². The molecule has 144 valence electrons. The Hall–Kier alpha value is -1.64. The molecule has 1 aromatic rings. The first kappa shape index (κ1) is 20.7. The molecule has 7 nitrogen and oxygen atoms in total. The van der Waals surface area contributed by atoms with E-state index in [4.69, 9.17) is 16.3 Å². The Morgan fingerprint density at radius 1 is 1.31 bits per heavy atom. The molecule has 0 radical (unpaired) electrons. The van der Waals surface area contributed by atoms with Crippen molar-refractivity contribution in [2.24, 2.45) is 0 Å². The average Bonchev–Trinajstić information content (AvgIpc) is 3.15. The van der Waals surface area contributed by atoms with E-state index in [1.807, 2.05) is 6.92 Å². The zero-order chi connectivity index (χ0) is 19.3. The summed E-state index contributed by atoms with van der Waals surface area (Å²) in [5.74, 6) is -1.26. The number of amides is 1. The van der Waals surface area contributed by atoms with Gasteiger partial charge in [-0.3, -0.25) is 4.79 Å². The van der Waals surface area contributed by atoms with Crippen LogP contribution in [0.1, 0.15) is 43.5 Å². The lowest BCUT2D eigenvalue weighted by Gasteiger charge is -2.17. The number of nitrogens with one attached hydrogen (secondary N) is 1. The molecule has 0 spiro atoms. The standard InChI is InChI=1S/C17H23ClN2O5S/c1-3-8-19-16(21)12(2)25-17(22)14-11-13(6-7-15(14)18)26(23,24)20-9-4-5-10-20/h6-7,11-12H,3-5,8-10H2,1-2H3,(H,19,21)/t12-/m1/s1. The Kier molecular flexibility index (Phi) is 7.02. The molecular weight excluding hydrogens is 380 g/mol. The fourth-order valence-electron chi connectivity index (χ4n) is 2.57. The minimum absolute atomic E-state index is 0.0150. The summed E-state index contributed by atoms with van der Waals surface area (Å²) in [4.78, 5) is 24.2. The molecule has 0 aliphatic carbocycles. The number of ether oxygens (including phenoxy) is 1. The lowest BCUT2D eigenvalue weighted by atomic mass is 10.2. The Bertz CT molecular complexity index is 775. The lowest BCUT2D eigenvalue weighted by molar-refractivity contribution is -0.129. The first-order chi connectivity index (χ1) is 12.3. The van der Waals surface area contributed by atoms with Crippen LogP contribution in [-0.2, 0) is 19.6 Å². The first-order valence-corrected chi connectivity index (χ1v) is 10.4. The summed E-state index contributed by atoms with van der Waals surface area (Å²) >= 11 is 6.04. The topological polar surface area (TPSA) is 92.8 Å². The van der Waals surface area contributed by atoms with Crippen LogP contribution in [-0.4, -0.2) is 50.3 Å². The highest BCUT2D eigenvalue weighted by molar-refractivity contribution is 7.89. The van der Waals surface area contributed by atoms with Crippen LogP contribution in [0.5, 0.6) is 0 Å². The molecule has 1 atom stereocenters. The SMILES string of the molecule is CCCNC(=O)[C@@H](C)OC(=O)c1cc(S(=O)(=O)N2CCCC2)ccc1Cl. The number of hydrogen-bond acceptors (Lipinski definition) is 5. The molecule has 0 aromatic heterocycles. The van der Waals surface area contributed by atoms with Crippen LogP contribution in [0.2, 0.25) is 5.02 Å². The van der Waals surface area contributed by atoms with Crippen LogP contribution < -0.4 is 5.32 Å². The molecule has 1 saturated heterocycles. The van der Waals surface area contributed by atoms with E-state index in [2.05, 4.69) is 5.32 Å². The molecule has 9 heteroatoms. The molecule has 1 fully saturated rings. The van der Waals surface area contributed by atoms with Gasteiger partial charge in [0.15, 0.2) is 6.10 Å². The van der Waals surface area contributed by atoms with Crippen molar-refractivity contribution in [1.29, 1.82) is 0 Å². The number of nitrogens with zero attached hydrogens (tertiary/aromatic N) is 1. The van der Waals surface area contributed by atoms with Crippen LogP contribution >= 0.6 is 11.6 Å². The Labute approximate surface area is 158 Å². The quantitative estimate of drug-likeness (QED) is 0.706. The van der Waals surface area contributed by atoms with Gasteiger partial charge in [-0.15, -0.1) is 0 Å². The van der Waals surface area contributed by atoms with E-state index in [0.717, 1.165) is 19.3 Å². The molecule has 2 rings (SSSR count). The van der Waals surface area contributed by atoms with E-state index in [1.54, 1.807) is 0 Å². The zero-order valence-electron chi connectivity index (χ0n) is 14.8. The van der Waals surface area contributed by atoms with E-state index in [-0.39, 0.29) is 15.5 Å². The molecule has 0 unspecified atom stereocenters. The highest BCUT2D eigenvalue weighted by atomic mass is 35.5. The second-order valence-corrected chi connectivity index (χ2v) is 8.44. The van der Waals surface area contributed by atoms with Gasteiger partial charge in [0.25, 0.3) is 5.91 Å². The molecule has 1 amide bonds. The van der Waals surface area contributed by atoms with E-state index in [9.17, 15) is 18.0 Å². The fourth-order valence-corrected chi connectivity index (χ4v) is 4.31. The summed E-state index contributed by atoms with van der Waals surface area (Å²) in [5.41, 5.74) is -0.0814. The number of carbonyl (C=O) groups excluding carboxylic acids is 2. The highest BCUT2D eigenvalue weighted by Gasteiger charge is 2.29. The number of benzene rings is 1. The number of rotatable bonds is 7. The lowest BCUT2D eigenvalue weighted by Crippen LogP contribution is -2.36. The second kappa shape index (κ2) is 8.83. The van der Waals surface area contributed by atoms with Crippen molar-refractivity contribution < 1.29 is 22.7 Å². The summed E-state index contributed by atoms with van der Waals surface area (Å²) in [7, 11) is -3.68. The fraction of sp³-hybridized carbons (Fsp3) is 0.529. The maximum atomic E-state index is 12.6. The number of hydrogen-bond donors (Lipinski definition) is 1. The molecule has 1 aliphatic heterocycles. The van der Waals surface area contributed by atoms with Crippen LogP contribution in [0.3, 0.4) is 0 Å². The first-order valence-electron chi connectivity index (χ1n) is 8.55. The van der Waals surface area contributed by atoms with E-state index < -0.39 is 28.0 Å². The van der Waals surface area contributed by atoms with Crippen molar-refractivity contribution in [1.82, 2.24) is 9.62 Å². The summed E-state index contributed by atoms with van der Waals surface area (Å²) in [6.07, 6.45) is 1.37. The van der Waals surface area contributed by atoms with Gasteiger partial charge in [-0.25, -0.2) is 13.2 Å². The van der Waals surface area contributed by atoms with Gasteiger partial charge in [0.1, 0.15) is 0 Å². The molecule has 26 heavy (non-hydrogen) atoms. The predicted octanol–water partition coefficient (Wildman–Crippen LogP) is 2.20. The summed E-state index contributed by atoms with van der Waals surface area (Å²) in [6.45, 7) is 4.74.